The van der Waals surface area contributed by atoms with Gasteiger partial charge < -0.3 is 10.6 Å². The smallest absolute Gasteiger partial charge is 0.254 e. The van der Waals surface area contributed by atoms with E-state index < -0.39 is 27.3 Å². The first-order valence-corrected chi connectivity index (χ1v) is 11.0. The van der Waals surface area contributed by atoms with Crippen LogP contribution in [-0.2, 0) is 14.8 Å². The van der Waals surface area contributed by atoms with Gasteiger partial charge in [-0.2, -0.15) is 0 Å². The van der Waals surface area contributed by atoms with Crippen molar-refractivity contribution in [3.63, 3.8) is 0 Å². The third-order valence-electron chi connectivity index (χ3n) is 3.94. The molecule has 0 bridgehead atoms. The highest BCUT2D eigenvalue weighted by molar-refractivity contribution is 9.10. The van der Waals surface area contributed by atoms with Crippen molar-refractivity contribution in [2.24, 2.45) is 0 Å². The lowest BCUT2D eigenvalue weighted by Gasteiger charge is -2.10. The zero-order valence-corrected chi connectivity index (χ0v) is 18.3. The summed E-state index contributed by atoms with van der Waals surface area (Å²) < 4.78 is 41.1. The van der Waals surface area contributed by atoms with E-state index in [0.29, 0.717) is 5.69 Å². The van der Waals surface area contributed by atoms with Gasteiger partial charge in [0.1, 0.15) is 5.82 Å². The quantitative estimate of drug-likeness (QED) is 0.534. The monoisotopic (exact) mass is 485 g/mol. The van der Waals surface area contributed by atoms with Crippen LogP contribution in [0, 0.1) is 12.7 Å². The van der Waals surface area contributed by atoms with E-state index in [1.165, 1.54) is 0 Å². The molecule has 0 atom stereocenters. The van der Waals surface area contributed by atoms with Gasteiger partial charge in [-0.05, 0) is 42.8 Å². The maximum atomic E-state index is 14.0. The highest BCUT2D eigenvalue weighted by Gasteiger charge is 2.19. The molecule has 0 unspecified atom stereocenters. The Balaban J connectivity index is 1.98. The van der Waals surface area contributed by atoms with Gasteiger partial charge in [-0.3, -0.25) is 9.59 Å². The molecule has 2 rings (SSSR count). The molecule has 156 valence electrons. The molecule has 2 aromatic carbocycles. The van der Waals surface area contributed by atoms with E-state index in [2.05, 4.69) is 31.3 Å². The summed E-state index contributed by atoms with van der Waals surface area (Å²) in [5.74, 6) is -1.98. The second kappa shape index (κ2) is 9.95. The number of carbonyl (C=O) groups excluding carboxylic acids is 2. The molecule has 0 heterocycles. The molecule has 0 spiro atoms. The molecule has 0 aliphatic rings. The molecule has 0 fully saturated rings. The number of benzene rings is 2. The first-order valence-electron chi connectivity index (χ1n) is 8.77. The molecule has 7 nitrogen and oxygen atoms in total. The lowest BCUT2D eigenvalue weighted by molar-refractivity contribution is -0.116. The standard InChI is InChI=1S/C19H21BrFN3O4S/c1-3-23-29(27,28)14-6-7-16(21)15(11-14)19(26)22-9-8-18(25)24-17-10-13(20)5-4-12(17)2/h4-7,10-11,23H,3,8-9H2,1-2H3,(H,22,26)(H,24,25). The van der Waals surface area contributed by atoms with Crippen LogP contribution in [0.15, 0.2) is 45.8 Å². The molecule has 29 heavy (non-hydrogen) atoms. The van der Waals surface area contributed by atoms with Crippen LogP contribution in [0.4, 0.5) is 10.1 Å². The zero-order valence-electron chi connectivity index (χ0n) is 15.9. The molecule has 0 saturated carbocycles. The van der Waals surface area contributed by atoms with E-state index in [1.54, 1.807) is 13.0 Å². The Morgan fingerprint density at radius 1 is 1.14 bits per heavy atom. The summed E-state index contributed by atoms with van der Waals surface area (Å²) in [7, 11) is -3.82. The molecular formula is C19H21BrFN3O4S. The molecule has 0 radical (unpaired) electrons. The second-order valence-corrected chi connectivity index (χ2v) is 8.84. The van der Waals surface area contributed by atoms with E-state index in [9.17, 15) is 22.4 Å². The van der Waals surface area contributed by atoms with Gasteiger partial charge in [0.25, 0.3) is 5.91 Å². The number of anilines is 1. The van der Waals surface area contributed by atoms with Crippen LogP contribution in [0.5, 0.6) is 0 Å². The zero-order chi connectivity index (χ0) is 21.6. The number of sulfonamides is 1. The average molecular weight is 486 g/mol. The first kappa shape index (κ1) is 23.0. The van der Waals surface area contributed by atoms with Crippen LogP contribution in [-0.4, -0.2) is 33.3 Å². The van der Waals surface area contributed by atoms with Crippen LogP contribution < -0.4 is 15.4 Å². The van der Waals surface area contributed by atoms with Gasteiger partial charge in [-0.15, -0.1) is 0 Å². The normalized spacial score (nSPS) is 11.2. The lowest BCUT2D eigenvalue weighted by Crippen LogP contribution is -2.29. The topological polar surface area (TPSA) is 104 Å². The fourth-order valence-corrected chi connectivity index (χ4v) is 3.87. The van der Waals surface area contributed by atoms with E-state index >= 15 is 0 Å². The summed E-state index contributed by atoms with van der Waals surface area (Å²) >= 11 is 3.33. The molecule has 0 saturated heterocycles. The Morgan fingerprint density at radius 2 is 1.86 bits per heavy atom. The Hall–Kier alpha value is -2.30. The van der Waals surface area contributed by atoms with Gasteiger partial charge in [0.05, 0.1) is 10.5 Å². The molecule has 10 heteroatoms. The van der Waals surface area contributed by atoms with Crippen molar-refractivity contribution < 1.29 is 22.4 Å². The summed E-state index contributed by atoms with van der Waals surface area (Å²) in [5, 5.41) is 5.17. The number of amides is 2. The van der Waals surface area contributed by atoms with Crippen LogP contribution in [0.3, 0.4) is 0 Å². The molecule has 0 aliphatic heterocycles. The van der Waals surface area contributed by atoms with E-state index in [-0.39, 0.29) is 30.3 Å². The van der Waals surface area contributed by atoms with Gasteiger partial charge in [-0.25, -0.2) is 17.5 Å². The van der Waals surface area contributed by atoms with Gasteiger partial charge in [0, 0.05) is 29.7 Å². The van der Waals surface area contributed by atoms with Crippen LogP contribution in [0.25, 0.3) is 0 Å². The molecular weight excluding hydrogens is 465 g/mol. The number of nitrogens with one attached hydrogen (secondary N) is 3. The summed E-state index contributed by atoms with van der Waals surface area (Å²) in [5.41, 5.74) is 1.11. The molecule has 2 aromatic rings. The number of aryl methyl sites for hydroxylation is 1. The number of halogens is 2. The van der Waals surface area contributed by atoms with Crippen LogP contribution in [0.1, 0.15) is 29.3 Å². The van der Waals surface area contributed by atoms with Gasteiger partial charge in [0.15, 0.2) is 0 Å². The summed E-state index contributed by atoms with van der Waals surface area (Å²) in [4.78, 5) is 24.1. The summed E-state index contributed by atoms with van der Waals surface area (Å²) in [6.07, 6.45) is -0.0330. The summed E-state index contributed by atoms with van der Waals surface area (Å²) in [6, 6.07) is 8.42. The number of hydrogen-bond acceptors (Lipinski definition) is 4. The first-order chi connectivity index (χ1) is 13.6. The Labute approximate surface area is 177 Å². The summed E-state index contributed by atoms with van der Waals surface area (Å²) in [6.45, 7) is 3.57. The largest absolute Gasteiger partial charge is 0.351 e. The van der Waals surface area contributed by atoms with Crippen molar-refractivity contribution in [1.29, 1.82) is 0 Å². The van der Waals surface area contributed by atoms with Crippen molar-refractivity contribution in [3.8, 4) is 0 Å². The highest BCUT2D eigenvalue weighted by Crippen LogP contribution is 2.20. The SMILES string of the molecule is CCNS(=O)(=O)c1ccc(F)c(C(=O)NCCC(=O)Nc2cc(Br)ccc2C)c1. The molecule has 3 N–H and O–H groups in total. The predicted molar refractivity (Wildman–Crippen MR) is 112 cm³/mol. The highest BCUT2D eigenvalue weighted by atomic mass is 79.9. The third kappa shape index (κ3) is 6.34. The van der Waals surface area contributed by atoms with E-state index in [0.717, 1.165) is 28.2 Å². The van der Waals surface area contributed by atoms with Gasteiger partial charge in [-0.1, -0.05) is 28.9 Å². The molecule has 2 amide bonds. The van der Waals surface area contributed by atoms with Crippen LogP contribution >= 0.6 is 15.9 Å². The number of rotatable bonds is 8. The van der Waals surface area contributed by atoms with Crippen molar-refractivity contribution in [3.05, 3.63) is 57.8 Å². The van der Waals surface area contributed by atoms with Crippen molar-refractivity contribution in [2.75, 3.05) is 18.4 Å². The van der Waals surface area contributed by atoms with Crippen molar-refractivity contribution in [1.82, 2.24) is 10.0 Å². The maximum absolute atomic E-state index is 14.0. The molecule has 0 aromatic heterocycles. The Bertz CT molecular complexity index is 1030. The van der Waals surface area contributed by atoms with E-state index in [4.69, 9.17) is 0 Å². The van der Waals surface area contributed by atoms with E-state index in [1.807, 2.05) is 19.1 Å². The second-order valence-electron chi connectivity index (χ2n) is 6.16. The maximum Gasteiger partial charge on any atom is 0.254 e. The van der Waals surface area contributed by atoms with Gasteiger partial charge in [0.2, 0.25) is 15.9 Å². The molecule has 0 aliphatic carbocycles. The third-order valence-corrected chi connectivity index (χ3v) is 5.97. The Morgan fingerprint density at radius 3 is 2.55 bits per heavy atom. The van der Waals surface area contributed by atoms with Crippen LogP contribution in [0.2, 0.25) is 0 Å². The minimum absolute atomic E-state index is 0.0330. The number of carbonyl (C=O) groups is 2. The fourth-order valence-electron chi connectivity index (χ4n) is 2.45. The van der Waals surface area contributed by atoms with Crippen molar-refractivity contribution in [2.45, 2.75) is 25.2 Å². The lowest BCUT2D eigenvalue weighted by atomic mass is 10.2. The fraction of sp³-hybridized carbons (Fsp3) is 0.263. The van der Waals surface area contributed by atoms with Gasteiger partial charge >= 0.3 is 0 Å². The van der Waals surface area contributed by atoms with Crippen molar-refractivity contribution >= 4 is 43.5 Å². The minimum Gasteiger partial charge on any atom is -0.351 e. The number of hydrogen-bond donors (Lipinski definition) is 3. The minimum atomic E-state index is -3.82. The Kier molecular flexibility index (Phi) is 7.88. The average Bonchev–Trinajstić information content (AvgIpc) is 2.64. The predicted octanol–water partition coefficient (Wildman–Crippen LogP) is 2.95.